The normalized spacial score (nSPS) is 22.0. The molecule has 0 aliphatic carbocycles. The number of carbonyl (C=O) groups is 2. The van der Waals surface area contributed by atoms with Gasteiger partial charge in [-0.1, -0.05) is 50.2 Å². The minimum atomic E-state index is -0.690. The number of anilines is 1. The van der Waals surface area contributed by atoms with Gasteiger partial charge < -0.3 is 15.5 Å². The van der Waals surface area contributed by atoms with Crippen LogP contribution in [-0.4, -0.2) is 52.9 Å². The van der Waals surface area contributed by atoms with Crippen LogP contribution in [0.1, 0.15) is 40.0 Å². The molecular formula is C25H33N5O2. The molecule has 1 unspecified atom stereocenters. The molecule has 2 aromatic carbocycles. The molecule has 3 N–H and O–H groups in total. The van der Waals surface area contributed by atoms with Gasteiger partial charge in [-0.2, -0.15) is 0 Å². The van der Waals surface area contributed by atoms with Gasteiger partial charge >= 0.3 is 6.03 Å². The van der Waals surface area contributed by atoms with E-state index in [-0.39, 0.29) is 23.8 Å². The molecule has 3 amide bonds. The highest BCUT2D eigenvalue weighted by molar-refractivity contribution is 6.07. The third-order valence-corrected chi connectivity index (χ3v) is 6.57. The van der Waals surface area contributed by atoms with Gasteiger partial charge in [-0.25, -0.2) is 4.79 Å². The lowest BCUT2D eigenvalue weighted by molar-refractivity contribution is -0.131. The molecule has 2 aliphatic heterocycles. The van der Waals surface area contributed by atoms with Gasteiger partial charge in [-0.15, -0.1) is 0 Å². The first-order valence-electron chi connectivity index (χ1n) is 11.5. The first-order chi connectivity index (χ1) is 15.3. The van der Waals surface area contributed by atoms with Gasteiger partial charge in [-0.3, -0.25) is 15.1 Å². The Labute approximate surface area is 189 Å². The molecule has 2 saturated heterocycles. The van der Waals surface area contributed by atoms with E-state index in [4.69, 9.17) is 5.41 Å². The van der Waals surface area contributed by atoms with Gasteiger partial charge in [0.2, 0.25) is 0 Å². The number of likely N-dealkylation sites (tertiary alicyclic amines) is 1. The van der Waals surface area contributed by atoms with Crippen molar-refractivity contribution in [3.8, 4) is 0 Å². The maximum atomic E-state index is 13.0. The van der Waals surface area contributed by atoms with Crippen molar-refractivity contribution < 1.29 is 9.59 Å². The number of piperidine rings is 1. The molecule has 0 spiro atoms. The molecule has 170 valence electrons. The number of nitrogens with zero attached hydrogens (tertiary/aromatic N) is 2. The smallest absolute Gasteiger partial charge is 0.321 e. The molecule has 0 bridgehead atoms. The van der Waals surface area contributed by atoms with Crippen LogP contribution in [0, 0.1) is 17.2 Å². The maximum Gasteiger partial charge on any atom is 0.321 e. The predicted molar refractivity (Wildman–Crippen MR) is 128 cm³/mol. The van der Waals surface area contributed by atoms with Gasteiger partial charge in [0.15, 0.2) is 5.96 Å². The Morgan fingerprint density at radius 2 is 1.88 bits per heavy atom. The first kappa shape index (κ1) is 22.1. The second-order valence-corrected chi connectivity index (χ2v) is 9.71. The molecule has 7 nitrogen and oxygen atoms in total. The highest BCUT2D eigenvalue weighted by Crippen LogP contribution is 2.28. The van der Waals surface area contributed by atoms with Crippen molar-refractivity contribution in [2.75, 3.05) is 25.0 Å². The number of guanidine groups is 1. The minimum absolute atomic E-state index is 0.00710. The molecule has 32 heavy (non-hydrogen) atoms. The quantitative estimate of drug-likeness (QED) is 0.656. The molecule has 4 rings (SSSR count). The van der Waals surface area contributed by atoms with E-state index in [0.717, 1.165) is 29.3 Å². The Kier molecular flexibility index (Phi) is 6.09. The Bertz CT molecular complexity index is 1020. The van der Waals surface area contributed by atoms with Crippen molar-refractivity contribution in [3.05, 3.63) is 42.5 Å². The lowest BCUT2D eigenvalue weighted by Gasteiger charge is -2.33. The number of nitrogens with one attached hydrogen (secondary N) is 3. The van der Waals surface area contributed by atoms with Crippen molar-refractivity contribution in [3.63, 3.8) is 0 Å². The van der Waals surface area contributed by atoms with Crippen molar-refractivity contribution in [1.29, 1.82) is 5.41 Å². The van der Waals surface area contributed by atoms with Crippen LogP contribution in [0.15, 0.2) is 42.5 Å². The zero-order chi connectivity index (χ0) is 22.9. The van der Waals surface area contributed by atoms with Crippen LogP contribution >= 0.6 is 0 Å². The number of fused-ring (bicyclic) bond motifs is 1. The third kappa shape index (κ3) is 4.42. The molecule has 2 aromatic rings. The van der Waals surface area contributed by atoms with E-state index >= 15 is 0 Å². The molecule has 2 aliphatic rings. The summed E-state index contributed by atoms with van der Waals surface area (Å²) in [6.45, 7) is 7.90. The third-order valence-electron chi connectivity index (χ3n) is 6.57. The second kappa shape index (κ2) is 8.81. The largest absolute Gasteiger partial charge is 0.342 e. The lowest BCUT2D eigenvalue weighted by atomic mass is 9.90. The van der Waals surface area contributed by atoms with Gasteiger partial charge in [0.05, 0.1) is 5.69 Å². The SMILES string of the molecule is CC(C)CC1(C)NC(=N)N(CC2CCN(C(=O)Nc3cccc4ccccc34)CC2)C1=O. The number of hydrogen-bond acceptors (Lipinski definition) is 3. The number of benzene rings is 2. The molecule has 2 fully saturated rings. The number of carbonyl (C=O) groups excluding carboxylic acids is 2. The van der Waals surface area contributed by atoms with Crippen LogP contribution in [0.4, 0.5) is 10.5 Å². The van der Waals surface area contributed by atoms with Crippen LogP contribution in [0.3, 0.4) is 0 Å². The standard InChI is InChI=1S/C25H33N5O2/c1-17(2)15-25(3)22(31)30(23(26)28-25)16-18-11-13-29(14-12-18)24(32)27-21-10-6-8-19-7-4-5-9-20(19)21/h4-10,17-18H,11-16H2,1-3H3,(H2,26,28)(H,27,32). The zero-order valence-corrected chi connectivity index (χ0v) is 19.1. The summed E-state index contributed by atoms with van der Waals surface area (Å²) < 4.78 is 0. The average molecular weight is 436 g/mol. The predicted octanol–water partition coefficient (Wildman–Crippen LogP) is 4.26. The fraction of sp³-hybridized carbons (Fsp3) is 0.480. The fourth-order valence-electron chi connectivity index (χ4n) is 5.02. The molecule has 1 atom stereocenters. The molecule has 2 heterocycles. The Morgan fingerprint density at radius 3 is 2.59 bits per heavy atom. The van der Waals surface area contributed by atoms with Gasteiger partial charge in [0.25, 0.3) is 5.91 Å². The molecular weight excluding hydrogens is 402 g/mol. The summed E-state index contributed by atoms with van der Waals surface area (Å²) in [5.74, 6) is 0.846. The Morgan fingerprint density at radius 1 is 1.19 bits per heavy atom. The first-order valence-corrected chi connectivity index (χ1v) is 11.5. The van der Waals surface area contributed by atoms with Crippen LogP contribution in [0.5, 0.6) is 0 Å². The number of hydrogen-bond donors (Lipinski definition) is 3. The van der Waals surface area contributed by atoms with Crippen LogP contribution in [0.25, 0.3) is 10.8 Å². The minimum Gasteiger partial charge on any atom is -0.342 e. The van der Waals surface area contributed by atoms with E-state index in [2.05, 4.69) is 24.5 Å². The van der Waals surface area contributed by atoms with Crippen molar-refractivity contribution in [1.82, 2.24) is 15.1 Å². The highest BCUT2D eigenvalue weighted by atomic mass is 16.2. The fourth-order valence-corrected chi connectivity index (χ4v) is 5.02. The number of amides is 3. The topological polar surface area (TPSA) is 88.5 Å². The van der Waals surface area contributed by atoms with Crippen LogP contribution < -0.4 is 10.6 Å². The molecule has 7 heteroatoms. The van der Waals surface area contributed by atoms with E-state index in [9.17, 15) is 9.59 Å². The maximum absolute atomic E-state index is 13.0. The highest BCUT2D eigenvalue weighted by Gasteiger charge is 2.46. The summed E-state index contributed by atoms with van der Waals surface area (Å²) in [5.41, 5.74) is 0.131. The summed E-state index contributed by atoms with van der Waals surface area (Å²) in [6.07, 6.45) is 2.35. The Balaban J connectivity index is 1.33. The second-order valence-electron chi connectivity index (χ2n) is 9.71. The summed E-state index contributed by atoms with van der Waals surface area (Å²) in [7, 11) is 0. The van der Waals surface area contributed by atoms with Crippen molar-refractivity contribution in [2.24, 2.45) is 11.8 Å². The van der Waals surface area contributed by atoms with Crippen molar-refractivity contribution in [2.45, 2.75) is 45.6 Å². The van der Waals surface area contributed by atoms with Gasteiger partial charge in [0, 0.05) is 25.0 Å². The van der Waals surface area contributed by atoms with E-state index in [1.807, 2.05) is 54.3 Å². The van der Waals surface area contributed by atoms with Gasteiger partial charge in [-0.05, 0) is 49.5 Å². The van der Waals surface area contributed by atoms with Crippen LogP contribution in [0.2, 0.25) is 0 Å². The monoisotopic (exact) mass is 435 g/mol. The summed E-state index contributed by atoms with van der Waals surface area (Å²) >= 11 is 0. The number of rotatable bonds is 5. The van der Waals surface area contributed by atoms with E-state index in [0.29, 0.717) is 32.0 Å². The van der Waals surface area contributed by atoms with Crippen LogP contribution in [-0.2, 0) is 4.79 Å². The summed E-state index contributed by atoms with van der Waals surface area (Å²) in [4.78, 5) is 29.3. The van der Waals surface area contributed by atoms with E-state index in [1.165, 1.54) is 0 Å². The van der Waals surface area contributed by atoms with Gasteiger partial charge in [0.1, 0.15) is 5.54 Å². The Hall–Kier alpha value is -3.09. The molecule has 0 aromatic heterocycles. The number of urea groups is 1. The van der Waals surface area contributed by atoms with Crippen molar-refractivity contribution >= 4 is 34.4 Å². The average Bonchev–Trinajstić information content (AvgIpc) is 2.96. The molecule has 0 saturated carbocycles. The van der Waals surface area contributed by atoms with E-state index in [1.54, 1.807) is 4.90 Å². The summed E-state index contributed by atoms with van der Waals surface area (Å²) in [5, 5.41) is 16.6. The van der Waals surface area contributed by atoms with E-state index < -0.39 is 5.54 Å². The lowest BCUT2D eigenvalue weighted by Crippen LogP contribution is -2.46. The summed E-state index contributed by atoms with van der Waals surface area (Å²) in [6, 6.07) is 13.8. The zero-order valence-electron chi connectivity index (χ0n) is 19.1. The molecule has 0 radical (unpaired) electrons.